The topological polar surface area (TPSA) is 75.6 Å². The van der Waals surface area contributed by atoms with E-state index in [2.05, 4.69) is 23.5 Å². The fraction of sp³-hybridized carbons (Fsp3) is 0.520. The predicted octanol–water partition coefficient (Wildman–Crippen LogP) is 5.00. The molecule has 5 heteroatoms. The van der Waals surface area contributed by atoms with Crippen LogP contribution in [0.3, 0.4) is 0 Å². The third-order valence-corrected chi connectivity index (χ3v) is 5.23. The number of nitrogens with one attached hydrogen (secondary N) is 1. The largest absolute Gasteiger partial charge is 0.507 e. The Labute approximate surface area is 180 Å². The van der Waals surface area contributed by atoms with Crippen LogP contribution in [-0.4, -0.2) is 43.5 Å². The number of carbonyl (C=O) groups excluding carboxylic acids is 2. The Morgan fingerprint density at radius 3 is 2.63 bits per heavy atom. The Balaban J connectivity index is 1.38. The average molecular weight is 414 g/mol. The van der Waals surface area contributed by atoms with Gasteiger partial charge in [-0.05, 0) is 69.7 Å². The highest BCUT2D eigenvalue weighted by atomic mass is 16.5. The van der Waals surface area contributed by atoms with Gasteiger partial charge in [-0.3, -0.25) is 9.59 Å². The highest BCUT2D eigenvalue weighted by molar-refractivity contribution is 5.99. The van der Waals surface area contributed by atoms with Gasteiger partial charge in [-0.2, -0.15) is 0 Å². The molecule has 0 aromatic heterocycles. The molecule has 5 nitrogen and oxygen atoms in total. The van der Waals surface area contributed by atoms with Crippen molar-refractivity contribution in [2.24, 2.45) is 0 Å². The monoisotopic (exact) mass is 413 g/mol. The van der Waals surface area contributed by atoms with Crippen molar-refractivity contribution in [3.8, 4) is 5.75 Å². The molecule has 0 unspecified atom stereocenters. The molecular weight excluding hydrogens is 378 g/mol. The van der Waals surface area contributed by atoms with Crippen LogP contribution < -0.4 is 5.32 Å². The first-order chi connectivity index (χ1) is 14.7. The number of ether oxygens (including phenoxy) is 1. The summed E-state index contributed by atoms with van der Waals surface area (Å²) in [6.45, 7) is 2.70. The molecule has 0 spiro atoms. The molecule has 0 saturated heterocycles. The summed E-state index contributed by atoms with van der Waals surface area (Å²) in [6, 6.07) is 4.35. The number of hydrogen-bond donors (Lipinski definition) is 2. The lowest BCUT2D eigenvalue weighted by Crippen LogP contribution is -2.24. The molecule has 164 valence electrons. The fourth-order valence-corrected chi connectivity index (χ4v) is 3.42. The maximum atomic E-state index is 12.1. The van der Waals surface area contributed by atoms with Gasteiger partial charge in [0.25, 0.3) is 0 Å². The van der Waals surface area contributed by atoms with Gasteiger partial charge in [0.2, 0.25) is 0 Å². The lowest BCUT2D eigenvalue weighted by atomic mass is 10.0. The van der Waals surface area contributed by atoms with Crippen molar-refractivity contribution in [3.05, 3.63) is 53.1 Å². The summed E-state index contributed by atoms with van der Waals surface area (Å²) in [5.41, 5.74) is 2.05. The van der Waals surface area contributed by atoms with Crippen molar-refractivity contribution in [1.82, 2.24) is 5.32 Å². The van der Waals surface area contributed by atoms with Gasteiger partial charge in [0, 0.05) is 18.8 Å². The maximum Gasteiger partial charge on any atom is 0.176 e. The normalized spacial score (nSPS) is 13.3. The summed E-state index contributed by atoms with van der Waals surface area (Å²) in [7, 11) is 0. The van der Waals surface area contributed by atoms with Crippen LogP contribution in [0.2, 0.25) is 0 Å². The highest BCUT2D eigenvalue weighted by Crippen LogP contribution is 2.17. The van der Waals surface area contributed by atoms with Crippen molar-refractivity contribution in [2.45, 2.75) is 57.8 Å². The Morgan fingerprint density at radius 1 is 1.07 bits per heavy atom. The van der Waals surface area contributed by atoms with Crippen molar-refractivity contribution in [2.75, 3.05) is 26.3 Å². The maximum absolute atomic E-state index is 12.1. The molecule has 1 aromatic carbocycles. The minimum absolute atomic E-state index is 0.0812. The number of aldehydes is 1. The van der Waals surface area contributed by atoms with Crippen LogP contribution in [0.15, 0.2) is 42.0 Å². The van der Waals surface area contributed by atoms with Crippen molar-refractivity contribution in [3.63, 3.8) is 0 Å². The van der Waals surface area contributed by atoms with Crippen LogP contribution in [0.5, 0.6) is 5.75 Å². The second-order valence-electron chi connectivity index (χ2n) is 7.73. The number of Topliss-reactive ketones (excluding diaryl/α,β-unsaturated/α-hetero) is 1. The molecule has 1 aliphatic carbocycles. The van der Waals surface area contributed by atoms with E-state index in [1.165, 1.54) is 49.5 Å². The zero-order chi connectivity index (χ0) is 21.4. The Morgan fingerprint density at radius 2 is 1.87 bits per heavy atom. The Kier molecular flexibility index (Phi) is 11.8. The molecule has 2 rings (SSSR count). The van der Waals surface area contributed by atoms with Crippen LogP contribution in [0.25, 0.3) is 0 Å². The molecule has 0 fully saturated rings. The van der Waals surface area contributed by atoms with Crippen molar-refractivity contribution < 1.29 is 19.4 Å². The molecule has 0 atom stereocenters. The van der Waals surface area contributed by atoms with Gasteiger partial charge in [0.1, 0.15) is 5.75 Å². The number of phenolic OH excluding ortho intramolecular Hbond substituents is 1. The van der Waals surface area contributed by atoms with Gasteiger partial charge in [-0.15, -0.1) is 0 Å². The van der Waals surface area contributed by atoms with E-state index in [9.17, 15) is 14.7 Å². The van der Waals surface area contributed by atoms with Gasteiger partial charge in [-0.25, -0.2) is 0 Å². The molecule has 0 heterocycles. The fourth-order valence-electron chi connectivity index (χ4n) is 3.42. The molecule has 1 aromatic rings. The molecular formula is C25H35NO4. The number of ketones is 1. The molecule has 1 aliphatic rings. The summed E-state index contributed by atoms with van der Waals surface area (Å²) >= 11 is 0. The number of carbonyl (C=O) groups is 2. The summed E-state index contributed by atoms with van der Waals surface area (Å²) in [5.74, 6) is -0.185. The van der Waals surface area contributed by atoms with Crippen LogP contribution in [0, 0.1) is 0 Å². The predicted molar refractivity (Wildman–Crippen MR) is 120 cm³/mol. The summed E-state index contributed by atoms with van der Waals surface area (Å²) in [5, 5.41) is 12.6. The zero-order valence-corrected chi connectivity index (χ0v) is 17.9. The molecule has 0 amide bonds. The highest BCUT2D eigenvalue weighted by Gasteiger charge is 2.08. The van der Waals surface area contributed by atoms with E-state index in [-0.39, 0.29) is 23.6 Å². The van der Waals surface area contributed by atoms with Gasteiger partial charge < -0.3 is 15.2 Å². The van der Waals surface area contributed by atoms with E-state index in [1.54, 1.807) is 0 Å². The Bertz CT molecular complexity index is 724. The van der Waals surface area contributed by atoms with E-state index in [0.717, 1.165) is 51.9 Å². The third-order valence-electron chi connectivity index (χ3n) is 5.23. The lowest BCUT2D eigenvalue weighted by Gasteiger charge is -2.08. The van der Waals surface area contributed by atoms with E-state index in [1.807, 2.05) is 0 Å². The van der Waals surface area contributed by atoms with Crippen LogP contribution >= 0.6 is 0 Å². The van der Waals surface area contributed by atoms with Crippen LogP contribution in [0.1, 0.15) is 78.5 Å². The number of hydrogen-bond acceptors (Lipinski definition) is 5. The average Bonchev–Trinajstić information content (AvgIpc) is 2.77. The molecule has 30 heavy (non-hydrogen) atoms. The standard InChI is InChI=1S/C25H35NO4/c27-20-23-18-22(13-14-24(23)28)25(29)19-26-15-7-1-2-8-16-30-17-9-6-12-21-10-4-3-5-11-21/h4,10-11,13-14,18,20,26,28H,1-3,5-9,12,15-17,19H2. The van der Waals surface area contributed by atoms with Crippen molar-refractivity contribution in [1.29, 1.82) is 0 Å². The van der Waals surface area contributed by atoms with Gasteiger partial charge in [0.05, 0.1) is 12.1 Å². The van der Waals surface area contributed by atoms with Gasteiger partial charge >= 0.3 is 0 Å². The lowest BCUT2D eigenvalue weighted by molar-refractivity contribution is 0.0991. The minimum Gasteiger partial charge on any atom is -0.507 e. The van der Waals surface area contributed by atoms with E-state index in [0.29, 0.717) is 11.8 Å². The smallest absolute Gasteiger partial charge is 0.176 e. The molecule has 0 aliphatic heterocycles. The van der Waals surface area contributed by atoms with Crippen LogP contribution in [0.4, 0.5) is 0 Å². The number of benzene rings is 1. The van der Waals surface area contributed by atoms with Crippen LogP contribution in [-0.2, 0) is 4.74 Å². The van der Waals surface area contributed by atoms with E-state index >= 15 is 0 Å². The molecule has 0 bridgehead atoms. The molecule has 0 radical (unpaired) electrons. The molecule has 2 N–H and O–H groups in total. The molecule has 0 saturated carbocycles. The third kappa shape index (κ3) is 9.51. The zero-order valence-electron chi connectivity index (χ0n) is 17.9. The van der Waals surface area contributed by atoms with E-state index < -0.39 is 0 Å². The Hall–Kier alpha value is -2.24. The summed E-state index contributed by atoms with van der Waals surface area (Å²) in [6.07, 6.45) is 17.6. The number of phenols is 1. The minimum atomic E-state index is -0.104. The number of rotatable bonds is 16. The van der Waals surface area contributed by atoms with Gasteiger partial charge in [0.15, 0.2) is 12.1 Å². The first-order valence-corrected chi connectivity index (χ1v) is 11.2. The summed E-state index contributed by atoms with van der Waals surface area (Å²) < 4.78 is 5.72. The quantitative estimate of drug-likeness (QED) is 0.227. The number of unbranched alkanes of at least 4 members (excludes halogenated alkanes) is 4. The first kappa shape index (κ1) is 24.0. The van der Waals surface area contributed by atoms with Crippen molar-refractivity contribution >= 4 is 12.1 Å². The summed E-state index contributed by atoms with van der Waals surface area (Å²) in [4.78, 5) is 22.9. The number of allylic oxidation sites excluding steroid dienone is 4. The second kappa shape index (κ2) is 14.7. The first-order valence-electron chi connectivity index (χ1n) is 11.2. The van der Waals surface area contributed by atoms with E-state index in [4.69, 9.17) is 4.74 Å². The SMILES string of the molecule is O=Cc1cc(C(=O)CNCCCCCCOCCCCC2=CCCC=C2)ccc1O. The number of aromatic hydroxyl groups is 1. The second-order valence-corrected chi connectivity index (χ2v) is 7.73. The van der Waals surface area contributed by atoms with Gasteiger partial charge in [-0.1, -0.05) is 36.6 Å².